The monoisotopic (exact) mass is 532 g/mol. The number of para-hydroxylation sites is 1. The second-order valence-corrected chi connectivity index (χ2v) is 11.0. The van der Waals surface area contributed by atoms with Crippen molar-refractivity contribution in [3.63, 3.8) is 0 Å². The number of fused-ring (bicyclic) bond motifs is 1. The number of benzene rings is 3. The van der Waals surface area contributed by atoms with Crippen LogP contribution in [0.2, 0.25) is 0 Å². The predicted octanol–water partition coefficient (Wildman–Crippen LogP) is 4.48. The minimum atomic E-state index is -1.11. The van der Waals surface area contributed by atoms with E-state index in [2.05, 4.69) is 5.32 Å². The molecule has 0 saturated heterocycles. The minimum absolute atomic E-state index is 0.251. The molecule has 0 radical (unpaired) electrons. The first-order valence-electron chi connectivity index (χ1n) is 12.5. The number of carboxylic acids is 1. The lowest BCUT2D eigenvalue weighted by Gasteiger charge is -2.31. The lowest BCUT2D eigenvalue weighted by Crippen LogP contribution is -2.54. The Bertz CT molecular complexity index is 1280. The molecule has 1 heterocycles. The summed E-state index contributed by atoms with van der Waals surface area (Å²) in [6.07, 6.45) is 1.42. The van der Waals surface area contributed by atoms with Gasteiger partial charge in [-0.2, -0.15) is 0 Å². The van der Waals surface area contributed by atoms with E-state index in [9.17, 15) is 19.5 Å². The van der Waals surface area contributed by atoms with E-state index in [4.69, 9.17) is 4.74 Å². The molecule has 0 aliphatic carbocycles. The molecule has 1 aliphatic heterocycles. The Balaban J connectivity index is 1.56. The number of nitrogens with one attached hydrogen (secondary N) is 1. The van der Waals surface area contributed by atoms with Gasteiger partial charge >= 0.3 is 5.97 Å². The highest BCUT2D eigenvalue weighted by molar-refractivity contribution is 8.00. The number of thioether (sulfide) groups is 1. The van der Waals surface area contributed by atoms with Gasteiger partial charge in [0.05, 0.1) is 11.9 Å². The second kappa shape index (κ2) is 12.2. The maximum Gasteiger partial charge on any atom is 0.323 e. The summed E-state index contributed by atoms with van der Waals surface area (Å²) >= 11 is 1.52. The number of ether oxygens (including phenoxy) is 1. The number of carbonyl (C=O) groups is 3. The van der Waals surface area contributed by atoms with Crippen molar-refractivity contribution < 1.29 is 24.2 Å². The normalized spacial score (nSPS) is 16.6. The molecule has 0 fully saturated rings. The van der Waals surface area contributed by atoms with Crippen molar-refractivity contribution in [2.45, 2.75) is 42.7 Å². The van der Waals surface area contributed by atoms with Gasteiger partial charge < -0.3 is 15.2 Å². The maximum atomic E-state index is 13.9. The van der Waals surface area contributed by atoms with E-state index in [1.165, 1.54) is 16.7 Å². The summed E-state index contributed by atoms with van der Waals surface area (Å²) in [5, 5.41) is 12.5. The first-order chi connectivity index (χ1) is 18.3. The van der Waals surface area contributed by atoms with Gasteiger partial charge in [0.2, 0.25) is 11.8 Å². The Morgan fingerprint density at radius 3 is 2.39 bits per heavy atom. The predicted molar refractivity (Wildman–Crippen MR) is 150 cm³/mol. The number of hydrogen-bond acceptors (Lipinski definition) is 5. The van der Waals surface area contributed by atoms with Crippen LogP contribution in [-0.2, 0) is 33.0 Å². The molecule has 2 N–H and O–H groups in total. The van der Waals surface area contributed by atoms with Crippen LogP contribution in [0.5, 0.6) is 5.75 Å². The summed E-state index contributed by atoms with van der Waals surface area (Å²) in [4.78, 5) is 40.3. The van der Waals surface area contributed by atoms with Crippen LogP contribution >= 0.6 is 11.8 Å². The number of carboxylic acid groups (broad SMARTS) is 1. The van der Waals surface area contributed by atoms with Gasteiger partial charge in [0.25, 0.3) is 0 Å². The Labute approximate surface area is 227 Å². The molecular weight excluding hydrogens is 500 g/mol. The molecule has 3 aromatic rings. The van der Waals surface area contributed by atoms with E-state index in [0.717, 1.165) is 22.4 Å². The zero-order valence-electron chi connectivity index (χ0n) is 21.6. The van der Waals surface area contributed by atoms with Crippen LogP contribution in [0, 0.1) is 0 Å². The van der Waals surface area contributed by atoms with Gasteiger partial charge in [0, 0.05) is 11.4 Å². The Kier molecular flexibility index (Phi) is 8.73. The molecule has 4 rings (SSSR count). The SMILES string of the molecule is COc1ccc(CSC(C)(Cc2ccccc2)C(=O)NC2CCc3ccccc3N(CC(=O)O)C2=O)cc1. The zero-order valence-corrected chi connectivity index (χ0v) is 22.4. The fourth-order valence-corrected chi connectivity index (χ4v) is 5.74. The van der Waals surface area contributed by atoms with Crippen LogP contribution in [0.3, 0.4) is 0 Å². The molecule has 3 aromatic carbocycles. The van der Waals surface area contributed by atoms with Crippen molar-refractivity contribution in [1.82, 2.24) is 5.32 Å². The van der Waals surface area contributed by atoms with Crippen molar-refractivity contribution >= 4 is 35.2 Å². The van der Waals surface area contributed by atoms with Crippen molar-refractivity contribution in [2.75, 3.05) is 18.6 Å². The van der Waals surface area contributed by atoms with Crippen LogP contribution in [-0.4, -0.2) is 47.3 Å². The number of amides is 2. The highest BCUT2D eigenvalue weighted by Crippen LogP contribution is 2.34. The van der Waals surface area contributed by atoms with Crippen molar-refractivity contribution in [3.05, 3.63) is 95.6 Å². The van der Waals surface area contributed by atoms with Gasteiger partial charge in [-0.15, -0.1) is 11.8 Å². The summed E-state index contributed by atoms with van der Waals surface area (Å²) in [6.45, 7) is 1.43. The number of carbonyl (C=O) groups excluding carboxylic acids is 2. The molecule has 2 unspecified atom stereocenters. The fraction of sp³-hybridized carbons (Fsp3) is 0.300. The molecule has 0 bridgehead atoms. The van der Waals surface area contributed by atoms with Gasteiger partial charge in [-0.3, -0.25) is 19.3 Å². The van der Waals surface area contributed by atoms with Gasteiger partial charge in [-0.25, -0.2) is 0 Å². The third kappa shape index (κ3) is 6.55. The third-order valence-electron chi connectivity index (χ3n) is 6.73. The van der Waals surface area contributed by atoms with Crippen LogP contribution < -0.4 is 15.0 Å². The van der Waals surface area contributed by atoms with Crippen LogP contribution in [0.1, 0.15) is 30.0 Å². The summed E-state index contributed by atoms with van der Waals surface area (Å²) in [5.74, 6) is -0.408. The van der Waals surface area contributed by atoms with E-state index in [-0.39, 0.29) is 5.91 Å². The largest absolute Gasteiger partial charge is 0.497 e. The van der Waals surface area contributed by atoms with Gasteiger partial charge in [-0.1, -0.05) is 60.7 Å². The molecule has 0 saturated carbocycles. The first kappa shape index (κ1) is 27.3. The minimum Gasteiger partial charge on any atom is -0.497 e. The number of aryl methyl sites for hydroxylation is 1. The number of aliphatic carboxylic acids is 1. The summed E-state index contributed by atoms with van der Waals surface area (Å²) < 4.78 is 4.37. The Morgan fingerprint density at radius 1 is 1.03 bits per heavy atom. The van der Waals surface area contributed by atoms with Gasteiger partial charge in [-0.05, 0) is 61.1 Å². The molecule has 2 amide bonds. The zero-order chi connectivity index (χ0) is 27.1. The summed E-state index contributed by atoms with van der Waals surface area (Å²) in [7, 11) is 1.62. The molecule has 2 atom stereocenters. The van der Waals surface area contributed by atoms with E-state index < -0.39 is 29.2 Å². The number of methoxy groups -OCH3 is 1. The average Bonchev–Trinajstić information content (AvgIpc) is 3.05. The van der Waals surface area contributed by atoms with Crippen molar-refractivity contribution in [3.8, 4) is 5.75 Å². The lowest BCUT2D eigenvalue weighted by atomic mass is 9.98. The molecule has 0 spiro atoms. The van der Waals surface area contributed by atoms with E-state index in [1.807, 2.05) is 73.7 Å². The smallest absolute Gasteiger partial charge is 0.323 e. The number of hydrogen-bond donors (Lipinski definition) is 2. The van der Waals surface area contributed by atoms with Gasteiger partial charge in [0.1, 0.15) is 18.3 Å². The Morgan fingerprint density at radius 2 is 1.71 bits per heavy atom. The summed E-state index contributed by atoms with van der Waals surface area (Å²) in [6, 6.07) is 24.0. The fourth-order valence-electron chi connectivity index (χ4n) is 4.61. The average molecular weight is 533 g/mol. The van der Waals surface area contributed by atoms with Crippen LogP contribution in [0.15, 0.2) is 78.9 Å². The standard InChI is InChI=1S/C30H32N2O5S/c1-30(18-21-8-4-3-5-9-21,38-20-22-12-15-24(37-2)16-13-22)29(36)31-25-17-14-23-10-6-7-11-26(23)32(28(25)35)19-27(33)34/h3-13,15-16,25H,14,17-20H2,1-2H3,(H,31,36)(H,33,34). The van der Waals surface area contributed by atoms with Crippen LogP contribution in [0.25, 0.3) is 0 Å². The molecule has 1 aliphatic rings. The topological polar surface area (TPSA) is 95.9 Å². The van der Waals surface area contributed by atoms with E-state index >= 15 is 0 Å². The molecule has 7 nitrogen and oxygen atoms in total. The first-order valence-corrected chi connectivity index (χ1v) is 13.5. The van der Waals surface area contributed by atoms with Gasteiger partial charge in [0.15, 0.2) is 0 Å². The third-order valence-corrected chi connectivity index (χ3v) is 8.17. The lowest BCUT2D eigenvalue weighted by molar-refractivity contribution is -0.137. The molecular formula is C30H32N2O5S. The maximum absolute atomic E-state index is 13.9. The highest BCUT2D eigenvalue weighted by Gasteiger charge is 2.39. The number of nitrogens with zero attached hydrogens (tertiary/aromatic N) is 1. The van der Waals surface area contributed by atoms with Crippen LogP contribution in [0.4, 0.5) is 5.69 Å². The number of anilines is 1. The molecule has 0 aromatic heterocycles. The van der Waals surface area contributed by atoms with E-state index in [1.54, 1.807) is 19.2 Å². The number of rotatable bonds is 10. The Hall–Kier alpha value is -3.78. The molecule has 38 heavy (non-hydrogen) atoms. The van der Waals surface area contributed by atoms with E-state index in [0.29, 0.717) is 30.7 Å². The highest BCUT2D eigenvalue weighted by atomic mass is 32.2. The van der Waals surface area contributed by atoms with Crippen molar-refractivity contribution in [1.29, 1.82) is 0 Å². The quantitative estimate of drug-likeness (QED) is 0.400. The summed E-state index contributed by atoms with van der Waals surface area (Å²) in [5.41, 5.74) is 3.54. The molecule has 198 valence electrons. The second-order valence-electron chi connectivity index (χ2n) is 9.54. The molecule has 8 heteroatoms. The van der Waals surface area contributed by atoms with Crippen molar-refractivity contribution in [2.24, 2.45) is 0 Å².